The van der Waals surface area contributed by atoms with Crippen LogP contribution in [0.4, 0.5) is 0 Å². The van der Waals surface area contributed by atoms with Crippen molar-refractivity contribution in [2.75, 3.05) is 6.54 Å². The lowest BCUT2D eigenvalue weighted by molar-refractivity contribution is -0.144. The van der Waals surface area contributed by atoms with Crippen molar-refractivity contribution in [2.45, 2.75) is 25.9 Å². The van der Waals surface area contributed by atoms with Crippen LogP contribution < -0.4 is 0 Å². The molecular formula is C14H17N3O2S. The van der Waals surface area contributed by atoms with E-state index in [-0.39, 0.29) is 0 Å². The number of rotatable bonds is 3. The van der Waals surface area contributed by atoms with Gasteiger partial charge in [-0.05, 0) is 30.4 Å². The van der Waals surface area contributed by atoms with Gasteiger partial charge in [-0.15, -0.1) is 11.3 Å². The summed E-state index contributed by atoms with van der Waals surface area (Å²) in [4.78, 5) is 14.9. The molecule has 0 saturated heterocycles. The van der Waals surface area contributed by atoms with Gasteiger partial charge in [0.05, 0.1) is 5.69 Å². The van der Waals surface area contributed by atoms with Gasteiger partial charge in [-0.3, -0.25) is 14.4 Å². The van der Waals surface area contributed by atoms with Gasteiger partial charge in [-0.25, -0.2) is 0 Å². The largest absolute Gasteiger partial charge is 0.480 e. The molecule has 0 fully saturated rings. The zero-order chi connectivity index (χ0) is 14.3. The van der Waals surface area contributed by atoms with Gasteiger partial charge >= 0.3 is 5.97 Å². The third kappa shape index (κ3) is 2.25. The highest BCUT2D eigenvalue weighted by molar-refractivity contribution is 7.10. The van der Waals surface area contributed by atoms with E-state index >= 15 is 0 Å². The van der Waals surface area contributed by atoms with Crippen LogP contribution in [0.5, 0.6) is 0 Å². The van der Waals surface area contributed by atoms with E-state index in [1.807, 2.05) is 36.5 Å². The molecule has 106 valence electrons. The van der Waals surface area contributed by atoms with E-state index in [4.69, 9.17) is 0 Å². The molecular weight excluding hydrogens is 274 g/mol. The number of carboxylic acid groups (broad SMARTS) is 1. The van der Waals surface area contributed by atoms with E-state index < -0.39 is 12.0 Å². The van der Waals surface area contributed by atoms with Crippen molar-refractivity contribution >= 4 is 17.3 Å². The van der Waals surface area contributed by atoms with Crippen molar-refractivity contribution in [3.63, 3.8) is 0 Å². The molecule has 0 saturated carbocycles. The summed E-state index contributed by atoms with van der Waals surface area (Å²) in [6.45, 7) is 3.37. The zero-order valence-corrected chi connectivity index (χ0v) is 12.4. The average molecular weight is 291 g/mol. The summed E-state index contributed by atoms with van der Waals surface area (Å²) >= 11 is 1.66. The molecule has 0 aliphatic carbocycles. The minimum absolute atomic E-state index is 0.537. The molecule has 1 aliphatic heterocycles. The number of hydrogen-bond acceptors (Lipinski definition) is 4. The second kappa shape index (κ2) is 5.03. The fourth-order valence-corrected chi connectivity index (χ4v) is 3.75. The number of aryl methyl sites for hydroxylation is 2. The predicted octanol–water partition coefficient (Wildman–Crippen LogP) is 1.97. The first kappa shape index (κ1) is 13.3. The van der Waals surface area contributed by atoms with Crippen LogP contribution in [0.15, 0.2) is 17.6 Å². The Hall–Kier alpha value is -1.66. The summed E-state index contributed by atoms with van der Waals surface area (Å²) in [5.41, 5.74) is 3.01. The number of aromatic nitrogens is 2. The Bertz CT molecular complexity index is 647. The van der Waals surface area contributed by atoms with E-state index in [1.54, 1.807) is 16.0 Å². The summed E-state index contributed by atoms with van der Waals surface area (Å²) in [7, 11) is 1.89. The molecule has 5 nitrogen and oxygen atoms in total. The van der Waals surface area contributed by atoms with E-state index in [9.17, 15) is 9.90 Å². The number of fused-ring (bicyclic) bond motifs is 1. The van der Waals surface area contributed by atoms with Crippen LogP contribution in [0.2, 0.25) is 0 Å². The number of carbonyl (C=O) groups is 1. The first-order valence-electron chi connectivity index (χ1n) is 6.58. The monoisotopic (exact) mass is 291 g/mol. The van der Waals surface area contributed by atoms with Crippen molar-refractivity contribution in [1.29, 1.82) is 0 Å². The molecule has 0 spiro atoms. The average Bonchev–Trinajstić information content (AvgIpc) is 2.95. The quantitative estimate of drug-likeness (QED) is 0.939. The van der Waals surface area contributed by atoms with Gasteiger partial charge in [0.2, 0.25) is 0 Å². The van der Waals surface area contributed by atoms with Crippen LogP contribution in [0.3, 0.4) is 0 Å². The third-order valence-corrected chi connectivity index (χ3v) is 4.78. The van der Waals surface area contributed by atoms with Crippen LogP contribution in [0, 0.1) is 6.92 Å². The Morgan fingerprint density at radius 1 is 1.60 bits per heavy atom. The second-order valence-electron chi connectivity index (χ2n) is 5.17. The third-order valence-electron chi connectivity index (χ3n) is 3.79. The minimum atomic E-state index is -0.772. The number of aliphatic carboxylic acids is 1. The molecule has 0 bridgehead atoms. The van der Waals surface area contributed by atoms with Gasteiger partial charge in [0, 0.05) is 36.8 Å². The van der Waals surface area contributed by atoms with Crippen LogP contribution >= 0.6 is 11.3 Å². The highest BCUT2D eigenvalue weighted by Gasteiger charge is 2.33. The first-order valence-corrected chi connectivity index (χ1v) is 7.46. The summed E-state index contributed by atoms with van der Waals surface area (Å²) < 4.78 is 1.78. The lowest BCUT2D eigenvalue weighted by Crippen LogP contribution is -2.38. The second-order valence-corrected chi connectivity index (χ2v) is 6.17. The van der Waals surface area contributed by atoms with Gasteiger partial charge in [-0.1, -0.05) is 0 Å². The molecule has 1 aliphatic rings. The summed E-state index contributed by atoms with van der Waals surface area (Å²) in [6.07, 6.45) is 2.90. The summed E-state index contributed by atoms with van der Waals surface area (Å²) in [6, 6.07) is 1.41. The fourth-order valence-electron chi connectivity index (χ4n) is 2.85. The molecule has 0 aromatic carbocycles. The Morgan fingerprint density at radius 3 is 3.05 bits per heavy atom. The summed E-state index contributed by atoms with van der Waals surface area (Å²) in [5.74, 6) is -0.772. The normalized spacial score (nSPS) is 19.0. The standard InChI is InChI=1S/C14H17N3O2S/c1-9-10(7-16(2)15-9)8-17-5-3-12-11(4-6-20-12)13(17)14(18)19/h4,6-7,13H,3,5,8H2,1-2H3,(H,18,19). The van der Waals surface area contributed by atoms with Gasteiger partial charge < -0.3 is 5.11 Å². The van der Waals surface area contributed by atoms with Crippen LogP contribution in [-0.4, -0.2) is 32.3 Å². The van der Waals surface area contributed by atoms with Gasteiger partial charge in [0.1, 0.15) is 6.04 Å². The van der Waals surface area contributed by atoms with Gasteiger partial charge in [-0.2, -0.15) is 5.10 Å². The Morgan fingerprint density at radius 2 is 2.40 bits per heavy atom. The number of nitrogens with zero attached hydrogens (tertiary/aromatic N) is 3. The Labute approximate surface area is 121 Å². The maximum atomic E-state index is 11.6. The SMILES string of the molecule is Cc1nn(C)cc1CN1CCc2sccc2C1C(=O)O. The van der Waals surface area contributed by atoms with Crippen LogP contribution in [0.1, 0.15) is 27.7 Å². The molecule has 2 aromatic rings. The zero-order valence-electron chi connectivity index (χ0n) is 11.5. The topological polar surface area (TPSA) is 58.4 Å². The lowest BCUT2D eigenvalue weighted by atomic mass is 9.99. The molecule has 3 rings (SSSR count). The van der Waals surface area contributed by atoms with Gasteiger partial charge in [0.25, 0.3) is 0 Å². The van der Waals surface area contributed by atoms with E-state index in [1.165, 1.54) is 4.88 Å². The van der Waals surface area contributed by atoms with Crippen LogP contribution in [0.25, 0.3) is 0 Å². The Kier molecular flexibility index (Phi) is 3.35. The maximum Gasteiger partial charge on any atom is 0.325 e. The Balaban J connectivity index is 1.90. The molecule has 1 unspecified atom stereocenters. The number of carboxylic acids is 1. The fraction of sp³-hybridized carbons (Fsp3) is 0.429. The first-order chi connectivity index (χ1) is 9.56. The molecule has 2 aromatic heterocycles. The molecule has 0 amide bonds. The molecule has 0 radical (unpaired) electrons. The molecule has 1 atom stereocenters. The highest BCUT2D eigenvalue weighted by Crippen LogP contribution is 2.34. The van der Waals surface area contributed by atoms with Crippen molar-refractivity contribution in [2.24, 2.45) is 7.05 Å². The number of hydrogen-bond donors (Lipinski definition) is 1. The van der Waals surface area contributed by atoms with Gasteiger partial charge in [0.15, 0.2) is 0 Å². The minimum Gasteiger partial charge on any atom is -0.480 e. The molecule has 3 heterocycles. The number of thiophene rings is 1. The maximum absolute atomic E-state index is 11.6. The molecule has 6 heteroatoms. The van der Waals surface area contributed by atoms with Crippen molar-refractivity contribution in [1.82, 2.24) is 14.7 Å². The highest BCUT2D eigenvalue weighted by atomic mass is 32.1. The van der Waals surface area contributed by atoms with Crippen molar-refractivity contribution in [3.05, 3.63) is 39.3 Å². The van der Waals surface area contributed by atoms with E-state index in [2.05, 4.69) is 5.10 Å². The molecule has 1 N–H and O–H groups in total. The lowest BCUT2D eigenvalue weighted by Gasteiger charge is -2.32. The molecule has 20 heavy (non-hydrogen) atoms. The summed E-state index contributed by atoms with van der Waals surface area (Å²) in [5, 5.41) is 15.9. The van der Waals surface area contributed by atoms with E-state index in [0.29, 0.717) is 6.54 Å². The van der Waals surface area contributed by atoms with Crippen LogP contribution in [-0.2, 0) is 24.8 Å². The van der Waals surface area contributed by atoms with E-state index in [0.717, 1.165) is 29.8 Å². The smallest absolute Gasteiger partial charge is 0.325 e. The van der Waals surface area contributed by atoms with Crippen molar-refractivity contribution < 1.29 is 9.90 Å². The van der Waals surface area contributed by atoms with Crippen molar-refractivity contribution in [3.8, 4) is 0 Å². The predicted molar refractivity (Wildman–Crippen MR) is 76.8 cm³/mol.